The van der Waals surface area contributed by atoms with Gasteiger partial charge in [0, 0.05) is 5.56 Å². The Bertz CT molecular complexity index is 399. The fourth-order valence-corrected chi connectivity index (χ4v) is 1.83. The number of methoxy groups -OCH3 is 1. The summed E-state index contributed by atoms with van der Waals surface area (Å²) in [5, 5.41) is 9.25. The van der Waals surface area contributed by atoms with Crippen molar-refractivity contribution in [1.82, 2.24) is 0 Å². The van der Waals surface area contributed by atoms with Gasteiger partial charge in [-0.15, -0.1) is 0 Å². The van der Waals surface area contributed by atoms with Gasteiger partial charge in [0.05, 0.1) is 18.6 Å². The Morgan fingerprint density at radius 1 is 1.47 bits per heavy atom. The third-order valence-electron chi connectivity index (χ3n) is 2.21. The standard InChI is InChI=1S/C11H13ClO3/c1-6-4-7(2)11(15-3)8(10(6)12)5-9(13)14/h4H,5H2,1-3H3,(H,13,14). The highest BCUT2D eigenvalue weighted by atomic mass is 35.5. The predicted octanol–water partition coefficient (Wildman–Crippen LogP) is 2.59. The number of hydrogen-bond donors (Lipinski definition) is 1. The van der Waals surface area contributed by atoms with Gasteiger partial charge >= 0.3 is 5.97 Å². The van der Waals surface area contributed by atoms with Gasteiger partial charge in [0.2, 0.25) is 0 Å². The smallest absolute Gasteiger partial charge is 0.308 e. The Morgan fingerprint density at radius 3 is 2.53 bits per heavy atom. The van der Waals surface area contributed by atoms with E-state index in [0.717, 1.165) is 11.1 Å². The number of aliphatic carboxylic acids is 1. The third kappa shape index (κ3) is 2.42. The Labute approximate surface area is 93.6 Å². The van der Waals surface area contributed by atoms with Gasteiger partial charge in [-0.2, -0.15) is 0 Å². The van der Waals surface area contributed by atoms with Crippen LogP contribution in [-0.2, 0) is 11.2 Å². The van der Waals surface area contributed by atoms with Crippen LogP contribution in [0.25, 0.3) is 0 Å². The Balaban J connectivity index is 3.36. The van der Waals surface area contributed by atoms with Crippen LogP contribution in [-0.4, -0.2) is 18.2 Å². The zero-order valence-electron chi connectivity index (χ0n) is 8.93. The minimum Gasteiger partial charge on any atom is -0.496 e. The molecule has 1 rings (SSSR count). The van der Waals surface area contributed by atoms with Crippen molar-refractivity contribution in [1.29, 1.82) is 0 Å². The van der Waals surface area contributed by atoms with Crippen molar-refractivity contribution in [2.45, 2.75) is 20.3 Å². The normalized spacial score (nSPS) is 10.1. The van der Waals surface area contributed by atoms with Crippen LogP contribution in [0.2, 0.25) is 5.02 Å². The van der Waals surface area contributed by atoms with Crippen molar-refractivity contribution in [3.63, 3.8) is 0 Å². The minimum absolute atomic E-state index is 0.121. The lowest BCUT2D eigenvalue weighted by atomic mass is 10.0. The quantitative estimate of drug-likeness (QED) is 0.865. The van der Waals surface area contributed by atoms with E-state index >= 15 is 0 Å². The van der Waals surface area contributed by atoms with Gasteiger partial charge in [-0.25, -0.2) is 0 Å². The highest BCUT2D eigenvalue weighted by molar-refractivity contribution is 6.32. The first-order valence-electron chi connectivity index (χ1n) is 4.51. The average Bonchev–Trinajstić information content (AvgIpc) is 2.13. The molecule has 15 heavy (non-hydrogen) atoms. The summed E-state index contributed by atoms with van der Waals surface area (Å²) in [4.78, 5) is 10.7. The van der Waals surface area contributed by atoms with Gasteiger partial charge in [-0.1, -0.05) is 17.7 Å². The maximum Gasteiger partial charge on any atom is 0.308 e. The van der Waals surface area contributed by atoms with E-state index in [0.29, 0.717) is 16.3 Å². The molecule has 0 unspecified atom stereocenters. The number of rotatable bonds is 3. The number of aryl methyl sites for hydroxylation is 2. The SMILES string of the molecule is COc1c(C)cc(C)c(Cl)c1CC(=O)O. The summed E-state index contributed by atoms with van der Waals surface area (Å²) < 4.78 is 5.17. The molecule has 0 radical (unpaired) electrons. The van der Waals surface area contributed by atoms with Crippen molar-refractivity contribution >= 4 is 17.6 Å². The summed E-state index contributed by atoms with van der Waals surface area (Å²) >= 11 is 6.05. The molecule has 1 aromatic rings. The number of ether oxygens (including phenoxy) is 1. The first-order valence-corrected chi connectivity index (χ1v) is 4.89. The van der Waals surface area contributed by atoms with E-state index in [1.807, 2.05) is 19.9 Å². The van der Waals surface area contributed by atoms with Crippen LogP contribution >= 0.6 is 11.6 Å². The highest BCUT2D eigenvalue weighted by Crippen LogP contribution is 2.33. The molecule has 0 heterocycles. The minimum atomic E-state index is -0.916. The molecule has 0 fully saturated rings. The summed E-state index contributed by atoms with van der Waals surface area (Å²) in [5.74, 6) is -0.354. The Kier molecular flexibility index (Phi) is 3.58. The van der Waals surface area contributed by atoms with Crippen molar-refractivity contribution in [3.8, 4) is 5.75 Å². The van der Waals surface area contributed by atoms with Crippen LogP contribution in [0.15, 0.2) is 6.07 Å². The molecule has 0 spiro atoms. The van der Waals surface area contributed by atoms with Crippen molar-refractivity contribution in [2.24, 2.45) is 0 Å². The van der Waals surface area contributed by atoms with Gasteiger partial charge in [-0.05, 0) is 25.0 Å². The second-order valence-corrected chi connectivity index (χ2v) is 3.78. The van der Waals surface area contributed by atoms with Crippen molar-refractivity contribution in [2.75, 3.05) is 7.11 Å². The molecule has 3 nitrogen and oxygen atoms in total. The first-order chi connectivity index (χ1) is 6.97. The van der Waals surface area contributed by atoms with Crippen LogP contribution in [0.5, 0.6) is 5.75 Å². The topological polar surface area (TPSA) is 46.5 Å². The molecule has 1 N–H and O–H groups in total. The fraction of sp³-hybridized carbons (Fsp3) is 0.364. The summed E-state index contributed by atoms with van der Waals surface area (Å²) in [6.07, 6.45) is -0.121. The maximum absolute atomic E-state index is 10.7. The molecule has 0 aromatic heterocycles. The van der Waals surface area contributed by atoms with Gasteiger partial charge in [0.15, 0.2) is 0 Å². The summed E-state index contributed by atoms with van der Waals surface area (Å²) in [6.45, 7) is 3.72. The van der Waals surface area contributed by atoms with E-state index in [4.69, 9.17) is 21.4 Å². The molecule has 0 bridgehead atoms. The van der Waals surface area contributed by atoms with E-state index in [9.17, 15) is 4.79 Å². The lowest BCUT2D eigenvalue weighted by molar-refractivity contribution is -0.136. The van der Waals surface area contributed by atoms with Crippen molar-refractivity contribution < 1.29 is 14.6 Å². The molecular weight excluding hydrogens is 216 g/mol. The Morgan fingerprint density at radius 2 is 2.07 bits per heavy atom. The third-order valence-corrected chi connectivity index (χ3v) is 2.73. The highest BCUT2D eigenvalue weighted by Gasteiger charge is 2.16. The molecule has 0 aliphatic carbocycles. The lowest BCUT2D eigenvalue weighted by Gasteiger charge is -2.13. The predicted molar refractivity (Wildman–Crippen MR) is 58.8 cm³/mol. The van der Waals surface area contributed by atoms with Gasteiger partial charge in [-0.3, -0.25) is 4.79 Å². The number of carboxylic acids is 1. The molecule has 0 atom stereocenters. The van der Waals surface area contributed by atoms with Crippen LogP contribution in [0.4, 0.5) is 0 Å². The number of halogens is 1. The fourth-order valence-electron chi connectivity index (χ4n) is 1.62. The van der Waals surface area contributed by atoms with E-state index < -0.39 is 5.97 Å². The number of benzene rings is 1. The Hall–Kier alpha value is -1.22. The monoisotopic (exact) mass is 228 g/mol. The molecule has 1 aromatic carbocycles. The molecule has 0 saturated carbocycles. The second-order valence-electron chi connectivity index (χ2n) is 3.41. The molecular formula is C11H13ClO3. The molecule has 0 aliphatic heterocycles. The molecule has 4 heteroatoms. The van der Waals surface area contributed by atoms with Gasteiger partial charge in [0.25, 0.3) is 0 Å². The molecule has 0 amide bonds. The number of carboxylic acid groups (broad SMARTS) is 1. The largest absolute Gasteiger partial charge is 0.496 e. The van der Waals surface area contributed by atoms with E-state index in [-0.39, 0.29) is 6.42 Å². The first kappa shape index (κ1) is 11.9. The van der Waals surface area contributed by atoms with Crippen LogP contribution < -0.4 is 4.74 Å². The number of hydrogen-bond acceptors (Lipinski definition) is 2. The summed E-state index contributed by atoms with van der Waals surface area (Å²) in [5.41, 5.74) is 2.31. The lowest BCUT2D eigenvalue weighted by Crippen LogP contribution is -2.05. The van der Waals surface area contributed by atoms with E-state index in [2.05, 4.69) is 0 Å². The zero-order valence-corrected chi connectivity index (χ0v) is 9.68. The van der Waals surface area contributed by atoms with E-state index in [1.54, 1.807) is 0 Å². The maximum atomic E-state index is 10.7. The second kappa shape index (κ2) is 4.53. The molecule has 0 aliphatic rings. The van der Waals surface area contributed by atoms with E-state index in [1.165, 1.54) is 7.11 Å². The number of carbonyl (C=O) groups is 1. The van der Waals surface area contributed by atoms with Crippen LogP contribution in [0, 0.1) is 13.8 Å². The summed E-state index contributed by atoms with van der Waals surface area (Å²) in [6, 6.07) is 1.88. The van der Waals surface area contributed by atoms with Crippen LogP contribution in [0.1, 0.15) is 16.7 Å². The van der Waals surface area contributed by atoms with Gasteiger partial charge in [0.1, 0.15) is 5.75 Å². The van der Waals surface area contributed by atoms with Crippen LogP contribution in [0.3, 0.4) is 0 Å². The molecule has 0 saturated heterocycles. The zero-order chi connectivity index (χ0) is 11.6. The van der Waals surface area contributed by atoms with Gasteiger partial charge < -0.3 is 9.84 Å². The van der Waals surface area contributed by atoms with Crippen molar-refractivity contribution in [3.05, 3.63) is 27.8 Å². The molecule has 82 valence electrons. The average molecular weight is 229 g/mol. The summed E-state index contributed by atoms with van der Waals surface area (Å²) in [7, 11) is 1.51.